The lowest BCUT2D eigenvalue weighted by molar-refractivity contribution is 0.0689. The smallest absolute Gasteiger partial charge is 0.0963 e. The van der Waals surface area contributed by atoms with Crippen molar-refractivity contribution >= 4 is 5.84 Å². The molecule has 0 aliphatic carbocycles. The van der Waals surface area contributed by atoms with Crippen molar-refractivity contribution < 1.29 is 9.47 Å². The van der Waals surface area contributed by atoms with Crippen molar-refractivity contribution in [2.75, 3.05) is 40.0 Å². The summed E-state index contributed by atoms with van der Waals surface area (Å²) in [4.78, 5) is 4.45. The van der Waals surface area contributed by atoms with Crippen LogP contribution in [0.15, 0.2) is 4.99 Å². The van der Waals surface area contributed by atoms with Gasteiger partial charge in [0.1, 0.15) is 0 Å². The van der Waals surface area contributed by atoms with Gasteiger partial charge in [0, 0.05) is 33.2 Å². The second-order valence-electron chi connectivity index (χ2n) is 4.02. The molecular formula is C12H24N2O2. The van der Waals surface area contributed by atoms with Crippen molar-refractivity contribution in [3.63, 3.8) is 0 Å². The molecule has 0 fully saturated rings. The summed E-state index contributed by atoms with van der Waals surface area (Å²) in [7, 11) is 1.69. The van der Waals surface area contributed by atoms with Crippen LogP contribution in [-0.2, 0) is 9.47 Å². The van der Waals surface area contributed by atoms with Crippen molar-refractivity contribution in [1.82, 2.24) is 5.32 Å². The molecule has 0 bridgehead atoms. The van der Waals surface area contributed by atoms with E-state index < -0.39 is 0 Å². The minimum Gasteiger partial charge on any atom is -0.382 e. The number of hydrogen-bond acceptors (Lipinski definition) is 4. The fourth-order valence-corrected chi connectivity index (χ4v) is 1.65. The van der Waals surface area contributed by atoms with E-state index in [0.717, 1.165) is 39.0 Å². The van der Waals surface area contributed by atoms with E-state index in [9.17, 15) is 0 Å². The Morgan fingerprint density at radius 2 is 2.12 bits per heavy atom. The molecule has 1 N–H and O–H groups in total. The van der Waals surface area contributed by atoms with Gasteiger partial charge in [-0.25, -0.2) is 0 Å². The van der Waals surface area contributed by atoms with Gasteiger partial charge < -0.3 is 14.8 Å². The molecule has 0 amide bonds. The van der Waals surface area contributed by atoms with Crippen molar-refractivity contribution in [3.05, 3.63) is 0 Å². The highest BCUT2D eigenvalue weighted by molar-refractivity contribution is 5.82. The quantitative estimate of drug-likeness (QED) is 0.642. The van der Waals surface area contributed by atoms with Gasteiger partial charge in [0.15, 0.2) is 0 Å². The molecule has 0 unspecified atom stereocenters. The second kappa shape index (κ2) is 9.60. The third-order valence-corrected chi connectivity index (χ3v) is 2.60. The zero-order valence-electron chi connectivity index (χ0n) is 10.3. The number of unbranched alkanes of at least 4 members (excludes halogenated alkanes) is 1. The summed E-state index contributed by atoms with van der Waals surface area (Å²) in [6.07, 6.45) is 5.91. The summed E-state index contributed by atoms with van der Waals surface area (Å²) in [5.41, 5.74) is 0. The molecule has 4 nitrogen and oxygen atoms in total. The molecule has 16 heavy (non-hydrogen) atoms. The number of methoxy groups -OCH3 is 1. The van der Waals surface area contributed by atoms with Crippen molar-refractivity contribution in [3.8, 4) is 0 Å². The first-order chi connectivity index (χ1) is 7.93. The van der Waals surface area contributed by atoms with Crippen molar-refractivity contribution in [1.29, 1.82) is 0 Å². The molecular weight excluding hydrogens is 204 g/mol. The Morgan fingerprint density at radius 3 is 2.88 bits per heavy atom. The Balaban J connectivity index is 1.82. The fraction of sp³-hybridized carbons (Fsp3) is 0.917. The lowest BCUT2D eigenvalue weighted by atomic mass is 10.2. The maximum Gasteiger partial charge on any atom is 0.0963 e. The van der Waals surface area contributed by atoms with E-state index in [0.29, 0.717) is 13.2 Å². The topological polar surface area (TPSA) is 42.9 Å². The highest BCUT2D eigenvalue weighted by atomic mass is 16.5. The summed E-state index contributed by atoms with van der Waals surface area (Å²) in [5, 5.41) is 3.39. The molecule has 0 aromatic heterocycles. The highest BCUT2D eigenvalue weighted by Gasteiger charge is 2.03. The summed E-state index contributed by atoms with van der Waals surface area (Å²) in [6.45, 7) is 4.25. The van der Waals surface area contributed by atoms with Gasteiger partial charge in [-0.3, -0.25) is 4.99 Å². The van der Waals surface area contributed by atoms with Crippen molar-refractivity contribution in [2.45, 2.75) is 32.1 Å². The predicted molar refractivity (Wildman–Crippen MR) is 66.1 cm³/mol. The molecule has 1 aliphatic rings. The molecule has 94 valence electrons. The molecule has 1 rings (SSSR count). The Labute approximate surface area is 98.4 Å². The van der Waals surface area contributed by atoms with Crippen LogP contribution in [0, 0.1) is 0 Å². The van der Waals surface area contributed by atoms with Gasteiger partial charge in [-0.1, -0.05) is 0 Å². The van der Waals surface area contributed by atoms with Crippen LogP contribution in [-0.4, -0.2) is 45.9 Å². The fourth-order valence-electron chi connectivity index (χ4n) is 1.65. The van der Waals surface area contributed by atoms with Gasteiger partial charge in [-0.05, 0) is 25.7 Å². The van der Waals surface area contributed by atoms with Gasteiger partial charge in [0.2, 0.25) is 0 Å². The van der Waals surface area contributed by atoms with E-state index in [1.165, 1.54) is 18.7 Å². The first-order valence-electron chi connectivity index (χ1n) is 6.27. The molecule has 0 saturated heterocycles. The summed E-state index contributed by atoms with van der Waals surface area (Å²) in [6, 6.07) is 0. The van der Waals surface area contributed by atoms with E-state index in [-0.39, 0.29) is 0 Å². The zero-order valence-corrected chi connectivity index (χ0v) is 10.3. The number of hydrogen-bond donors (Lipinski definition) is 1. The third kappa shape index (κ3) is 6.80. The number of nitrogens with zero attached hydrogens (tertiary/aromatic N) is 1. The Kier molecular flexibility index (Phi) is 8.08. The van der Waals surface area contributed by atoms with E-state index in [1.54, 1.807) is 7.11 Å². The number of nitrogens with one attached hydrogen (secondary N) is 1. The molecule has 1 aliphatic heterocycles. The Morgan fingerprint density at radius 1 is 1.19 bits per heavy atom. The van der Waals surface area contributed by atoms with Crippen LogP contribution in [0.4, 0.5) is 0 Å². The molecule has 0 spiro atoms. The number of aliphatic imine (C=N–C) groups is 1. The molecule has 0 radical (unpaired) electrons. The number of ether oxygens (including phenoxy) is 2. The monoisotopic (exact) mass is 228 g/mol. The third-order valence-electron chi connectivity index (χ3n) is 2.60. The van der Waals surface area contributed by atoms with Gasteiger partial charge in [-0.15, -0.1) is 0 Å². The normalized spacial score (nSPS) is 15.9. The van der Waals surface area contributed by atoms with Crippen LogP contribution in [0.5, 0.6) is 0 Å². The van der Waals surface area contributed by atoms with Gasteiger partial charge in [0.05, 0.1) is 19.0 Å². The number of rotatable bonds is 8. The van der Waals surface area contributed by atoms with Crippen LogP contribution in [0.1, 0.15) is 32.1 Å². The molecule has 0 atom stereocenters. The molecule has 0 aromatic rings. The number of amidine groups is 1. The first kappa shape index (κ1) is 13.5. The van der Waals surface area contributed by atoms with Crippen molar-refractivity contribution in [2.24, 2.45) is 4.99 Å². The summed E-state index contributed by atoms with van der Waals surface area (Å²) < 4.78 is 10.3. The Hall–Kier alpha value is -0.610. The molecule has 0 aromatic carbocycles. The lowest BCUT2D eigenvalue weighted by Gasteiger charge is -2.13. The highest BCUT2D eigenvalue weighted by Crippen LogP contribution is 2.03. The molecule has 1 heterocycles. The SMILES string of the molecule is COCCOCCCCNC1=NCCCC1. The van der Waals surface area contributed by atoms with Gasteiger partial charge in [0.25, 0.3) is 0 Å². The van der Waals surface area contributed by atoms with E-state index in [1.807, 2.05) is 0 Å². The van der Waals surface area contributed by atoms with E-state index in [2.05, 4.69) is 10.3 Å². The summed E-state index contributed by atoms with van der Waals surface area (Å²) in [5.74, 6) is 1.20. The second-order valence-corrected chi connectivity index (χ2v) is 4.02. The average Bonchev–Trinajstić information content (AvgIpc) is 2.34. The maximum atomic E-state index is 5.38. The lowest BCUT2D eigenvalue weighted by Crippen LogP contribution is -2.26. The molecule has 4 heteroatoms. The van der Waals surface area contributed by atoms with Crippen LogP contribution in [0.25, 0.3) is 0 Å². The van der Waals surface area contributed by atoms with Gasteiger partial charge in [-0.2, -0.15) is 0 Å². The van der Waals surface area contributed by atoms with Crippen LogP contribution >= 0.6 is 0 Å². The summed E-state index contributed by atoms with van der Waals surface area (Å²) >= 11 is 0. The van der Waals surface area contributed by atoms with Crippen LogP contribution in [0.3, 0.4) is 0 Å². The Bertz CT molecular complexity index is 195. The minimum atomic E-state index is 0.690. The zero-order chi connectivity index (χ0) is 11.5. The van der Waals surface area contributed by atoms with Gasteiger partial charge >= 0.3 is 0 Å². The van der Waals surface area contributed by atoms with E-state index >= 15 is 0 Å². The standard InChI is InChI=1S/C12H24N2O2/c1-15-10-11-16-9-5-4-8-14-12-6-2-3-7-13-12/h2-11H2,1H3,(H,13,14). The predicted octanol–water partition coefficient (Wildman–Crippen LogP) is 1.60. The van der Waals surface area contributed by atoms with Crippen LogP contribution in [0.2, 0.25) is 0 Å². The minimum absolute atomic E-state index is 0.690. The average molecular weight is 228 g/mol. The first-order valence-corrected chi connectivity index (χ1v) is 6.27. The maximum absolute atomic E-state index is 5.38. The molecule has 0 saturated carbocycles. The van der Waals surface area contributed by atoms with Crippen LogP contribution < -0.4 is 5.32 Å². The largest absolute Gasteiger partial charge is 0.382 e. The van der Waals surface area contributed by atoms with E-state index in [4.69, 9.17) is 9.47 Å².